The van der Waals surface area contributed by atoms with E-state index in [0.717, 1.165) is 19.4 Å². The van der Waals surface area contributed by atoms with E-state index in [1.165, 1.54) is 11.1 Å². The molecule has 0 fully saturated rings. The zero-order valence-corrected chi connectivity index (χ0v) is 11.9. The number of rotatable bonds is 1. The van der Waals surface area contributed by atoms with Gasteiger partial charge in [-0.2, -0.15) is 0 Å². The van der Waals surface area contributed by atoms with E-state index in [1.807, 2.05) is 23.1 Å². The number of carbonyl (C=O) groups is 1. The summed E-state index contributed by atoms with van der Waals surface area (Å²) in [5.41, 5.74) is 3.18. The second kappa shape index (κ2) is 5.68. The standard InChI is InChI=1S/C17H16ClNO/c18-16-10-4-3-9-15(16)17(20)19-11-5-8-13-6-1-2-7-14(13)12-19/h1-4,6-7,9-10H,5,8,11-12H2. The molecule has 1 aliphatic heterocycles. The Morgan fingerprint density at radius 2 is 1.70 bits per heavy atom. The lowest BCUT2D eigenvalue weighted by Gasteiger charge is -2.21. The van der Waals surface area contributed by atoms with Gasteiger partial charge in [-0.25, -0.2) is 0 Å². The van der Waals surface area contributed by atoms with Crippen LogP contribution in [0.1, 0.15) is 27.9 Å². The molecule has 0 N–H and O–H groups in total. The van der Waals surface area contributed by atoms with E-state index < -0.39 is 0 Å². The van der Waals surface area contributed by atoms with Crippen LogP contribution >= 0.6 is 11.6 Å². The van der Waals surface area contributed by atoms with Crippen molar-refractivity contribution in [2.24, 2.45) is 0 Å². The van der Waals surface area contributed by atoms with Gasteiger partial charge in [0, 0.05) is 13.1 Å². The molecule has 2 aromatic carbocycles. The molecule has 0 spiro atoms. The molecular weight excluding hydrogens is 270 g/mol. The van der Waals surface area contributed by atoms with Gasteiger partial charge in [-0.05, 0) is 36.1 Å². The van der Waals surface area contributed by atoms with Gasteiger partial charge in [-0.1, -0.05) is 48.0 Å². The zero-order chi connectivity index (χ0) is 13.9. The van der Waals surface area contributed by atoms with Gasteiger partial charge >= 0.3 is 0 Å². The van der Waals surface area contributed by atoms with Crippen molar-refractivity contribution in [2.75, 3.05) is 6.54 Å². The summed E-state index contributed by atoms with van der Waals surface area (Å²) in [6.07, 6.45) is 2.02. The van der Waals surface area contributed by atoms with Crippen molar-refractivity contribution in [1.29, 1.82) is 0 Å². The molecule has 0 saturated carbocycles. The Morgan fingerprint density at radius 1 is 1.00 bits per heavy atom. The highest BCUT2D eigenvalue weighted by Gasteiger charge is 2.21. The highest BCUT2D eigenvalue weighted by molar-refractivity contribution is 6.33. The molecule has 0 saturated heterocycles. The van der Waals surface area contributed by atoms with E-state index in [-0.39, 0.29) is 5.91 Å². The fraction of sp³-hybridized carbons (Fsp3) is 0.235. The van der Waals surface area contributed by atoms with E-state index in [1.54, 1.807) is 12.1 Å². The normalized spacial score (nSPS) is 14.6. The van der Waals surface area contributed by atoms with Gasteiger partial charge < -0.3 is 4.90 Å². The summed E-state index contributed by atoms with van der Waals surface area (Å²) in [7, 11) is 0. The van der Waals surface area contributed by atoms with Crippen LogP contribution in [0.2, 0.25) is 5.02 Å². The van der Waals surface area contributed by atoms with Crippen molar-refractivity contribution in [3.63, 3.8) is 0 Å². The van der Waals surface area contributed by atoms with E-state index in [9.17, 15) is 4.79 Å². The summed E-state index contributed by atoms with van der Waals surface area (Å²) in [5, 5.41) is 0.523. The molecular formula is C17H16ClNO. The van der Waals surface area contributed by atoms with E-state index in [4.69, 9.17) is 11.6 Å². The van der Waals surface area contributed by atoms with Gasteiger partial charge in [-0.3, -0.25) is 4.79 Å². The molecule has 2 aromatic rings. The molecule has 0 bridgehead atoms. The van der Waals surface area contributed by atoms with Crippen molar-refractivity contribution in [1.82, 2.24) is 4.90 Å². The van der Waals surface area contributed by atoms with E-state index >= 15 is 0 Å². The maximum absolute atomic E-state index is 12.6. The molecule has 0 aromatic heterocycles. The van der Waals surface area contributed by atoms with Crippen LogP contribution in [0.3, 0.4) is 0 Å². The van der Waals surface area contributed by atoms with Crippen LogP contribution in [-0.2, 0) is 13.0 Å². The highest BCUT2D eigenvalue weighted by Crippen LogP contribution is 2.22. The number of fused-ring (bicyclic) bond motifs is 1. The Kier molecular flexibility index (Phi) is 3.75. The average molecular weight is 286 g/mol. The van der Waals surface area contributed by atoms with Gasteiger partial charge in [0.25, 0.3) is 5.91 Å². The smallest absolute Gasteiger partial charge is 0.255 e. The quantitative estimate of drug-likeness (QED) is 0.777. The maximum atomic E-state index is 12.6. The first-order valence-corrected chi connectivity index (χ1v) is 7.24. The summed E-state index contributed by atoms with van der Waals surface area (Å²) >= 11 is 6.13. The van der Waals surface area contributed by atoms with Crippen LogP contribution in [0.15, 0.2) is 48.5 Å². The maximum Gasteiger partial charge on any atom is 0.255 e. The van der Waals surface area contributed by atoms with Crippen LogP contribution in [-0.4, -0.2) is 17.4 Å². The van der Waals surface area contributed by atoms with E-state index in [2.05, 4.69) is 18.2 Å². The first-order valence-electron chi connectivity index (χ1n) is 6.86. The second-order valence-electron chi connectivity index (χ2n) is 5.08. The number of hydrogen-bond acceptors (Lipinski definition) is 1. The summed E-state index contributed by atoms with van der Waals surface area (Å²) in [6, 6.07) is 15.6. The molecule has 1 aliphatic rings. The lowest BCUT2D eigenvalue weighted by molar-refractivity contribution is 0.0746. The Balaban J connectivity index is 1.88. The monoisotopic (exact) mass is 285 g/mol. The van der Waals surface area contributed by atoms with Crippen LogP contribution < -0.4 is 0 Å². The molecule has 2 nitrogen and oxygen atoms in total. The molecule has 0 atom stereocenters. The van der Waals surface area contributed by atoms with Crippen LogP contribution in [0, 0.1) is 0 Å². The van der Waals surface area contributed by atoms with Crippen LogP contribution in [0.5, 0.6) is 0 Å². The predicted octanol–water partition coefficient (Wildman–Crippen LogP) is 3.93. The van der Waals surface area contributed by atoms with E-state index in [0.29, 0.717) is 17.1 Å². The third-order valence-corrected chi connectivity index (χ3v) is 4.07. The number of hydrogen-bond donors (Lipinski definition) is 0. The average Bonchev–Trinajstić information content (AvgIpc) is 2.69. The number of halogens is 1. The number of benzene rings is 2. The van der Waals surface area contributed by atoms with Gasteiger partial charge in [0.2, 0.25) is 0 Å². The Hall–Kier alpha value is -1.80. The van der Waals surface area contributed by atoms with Crippen molar-refractivity contribution in [3.05, 3.63) is 70.2 Å². The molecule has 102 valence electrons. The number of nitrogens with zero attached hydrogens (tertiary/aromatic N) is 1. The summed E-state index contributed by atoms with van der Waals surface area (Å²) in [4.78, 5) is 14.5. The molecule has 20 heavy (non-hydrogen) atoms. The van der Waals surface area contributed by atoms with Gasteiger partial charge in [0.15, 0.2) is 0 Å². The van der Waals surface area contributed by atoms with Gasteiger partial charge in [0.05, 0.1) is 10.6 Å². The fourth-order valence-electron chi connectivity index (χ4n) is 2.68. The number of carbonyl (C=O) groups excluding carboxylic acids is 1. The molecule has 1 amide bonds. The van der Waals surface area contributed by atoms with Crippen LogP contribution in [0.25, 0.3) is 0 Å². The molecule has 3 rings (SSSR count). The fourth-order valence-corrected chi connectivity index (χ4v) is 2.90. The third-order valence-electron chi connectivity index (χ3n) is 3.75. The second-order valence-corrected chi connectivity index (χ2v) is 5.49. The minimum atomic E-state index is 0.0207. The molecule has 3 heteroatoms. The molecule has 0 radical (unpaired) electrons. The largest absolute Gasteiger partial charge is 0.334 e. The molecule has 0 unspecified atom stereocenters. The SMILES string of the molecule is O=C(c1ccccc1Cl)N1CCCc2ccccc2C1. The Morgan fingerprint density at radius 3 is 2.50 bits per heavy atom. The highest BCUT2D eigenvalue weighted by atomic mass is 35.5. The summed E-state index contributed by atoms with van der Waals surface area (Å²) < 4.78 is 0. The van der Waals surface area contributed by atoms with Gasteiger partial charge in [0.1, 0.15) is 0 Å². The Labute approximate surface area is 124 Å². The zero-order valence-electron chi connectivity index (χ0n) is 11.2. The lowest BCUT2D eigenvalue weighted by Crippen LogP contribution is -2.30. The molecule has 0 aliphatic carbocycles. The minimum Gasteiger partial charge on any atom is -0.334 e. The van der Waals surface area contributed by atoms with Gasteiger partial charge in [-0.15, -0.1) is 0 Å². The first kappa shape index (κ1) is 13.2. The van der Waals surface area contributed by atoms with Crippen molar-refractivity contribution >= 4 is 17.5 Å². The summed E-state index contributed by atoms with van der Waals surface area (Å²) in [6.45, 7) is 1.44. The third kappa shape index (κ3) is 2.56. The lowest BCUT2D eigenvalue weighted by atomic mass is 10.0. The van der Waals surface area contributed by atoms with Crippen molar-refractivity contribution in [3.8, 4) is 0 Å². The Bertz CT molecular complexity index is 638. The number of amides is 1. The number of aryl methyl sites for hydroxylation is 1. The topological polar surface area (TPSA) is 20.3 Å². The molecule has 1 heterocycles. The first-order chi connectivity index (χ1) is 9.75. The minimum absolute atomic E-state index is 0.0207. The summed E-state index contributed by atoms with van der Waals surface area (Å²) in [5.74, 6) is 0.0207. The van der Waals surface area contributed by atoms with Crippen molar-refractivity contribution in [2.45, 2.75) is 19.4 Å². The van der Waals surface area contributed by atoms with Crippen molar-refractivity contribution < 1.29 is 4.79 Å². The van der Waals surface area contributed by atoms with Crippen LogP contribution in [0.4, 0.5) is 0 Å². The predicted molar refractivity (Wildman–Crippen MR) is 81.0 cm³/mol.